The topological polar surface area (TPSA) is 46.6 Å². The molecule has 0 atom stereocenters. The molecule has 1 aliphatic rings. The average Bonchev–Trinajstić information content (AvgIpc) is 2.44. The van der Waals surface area contributed by atoms with Gasteiger partial charge in [-0.2, -0.15) is 0 Å². The number of nitrogens with zero attached hydrogens (tertiary/aromatic N) is 1. The zero-order chi connectivity index (χ0) is 13.4. The van der Waals surface area contributed by atoms with E-state index < -0.39 is 11.8 Å². The quantitative estimate of drug-likeness (QED) is 0.639. The number of alkyl halides is 1. The molecule has 19 heavy (non-hydrogen) atoms. The monoisotopic (exact) mass is 275 g/mol. The van der Waals surface area contributed by atoms with E-state index in [0.29, 0.717) is 16.5 Å². The van der Waals surface area contributed by atoms with Crippen molar-refractivity contribution < 1.29 is 14.4 Å². The van der Waals surface area contributed by atoms with Crippen LogP contribution in [0.3, 0.4) is 0 Å². The second-order valence-electron chi connectivity index (χ2n) is 4.14. The summed E-state index contributed by atoms with van der Waals surface area (Å²) in [4.78, 5) is 29.7. The molecule has 0 N–H and O–H groups in total. The van der Waals surface area contributed by atoms with Gasteiger partial charge in [0.2, 0.25) is 0 Å². The zero-order valence-corrected chi connectivity index (χ0v) is 10.7. The Bertz CT molecular complexity index is 633. The van der Waals surface area contributed by atoms with Gasteiger partial charge in [-0.1, -0.05) is 24.3 Å². The molecule has 2 aromatic carbocycles. The first-order valence-electron chi connectivity index (χ1n) is 5.83. The Labute approximate surface area is 114 Å². The number of hydrogen-bond acceptors (Lipinski definition) is 3. The molecule has 1 heterocycles. The van der Waals surface area contributed by atoms with E-state index in [-0.39, 0.29) is 12.5 Å². The van der Waals surface area contributed by atoms with Gasteiger partial charge < -0.3 is 0 Å². The Hall–Kier alpha value is -1.91. The highest BCUT2D eigenvalue weighted by atomic mass is 35.5. The number of halogens is 1. The van der Waals surface area contributed by atoms with Crippen LogP contribution in [0.25, 0.3) is 10.8 Å². The third kappa shape index (κ3) is 1.80. The van der Waals surface area contributed by atoms with Crippen LogP contribution in [0.1, 0.15) is 20.7 Å². The number of rotatable bonds is 3. The Balaban J connectivity index is 2.19. The number of hydrogen-bond donors (Lipinski definition) is 0. The molecule has 96 valence electrons. The third-order valence-corrected chi connectivity index (χ3v) is 3.19. The molecule has 5 heteroatoms. The van der Waals surface area contributed by atoms with Crippen molar-refractivity contribution in [2.24, 2.45) is 0 Å². The van der Waals surface area contributed by atoms with Gasteiger partial charge in [-0.15, -0.1) is 16.7 Å². The van der Waals surface area contributed by atoms with Gasteiger partial charge in [0.25, 0.3) is 11.8 Å². The van der Waals surface area contributed by atoms with Crippen LogP contribution in [0, 0.1) is 0 Å². The summed E-state index contributed by atoms with van der Waals surface area (Å²) < 4.78 is 0. The molecular weight excluding hydrogens is 266 g/mol. The fourth-order valence-electron chi connectivity index (χ4n) is 2.25. The number of amides is 2. The van der Waals surface area contributed by atoms with Crippen LogP contribution in [0.15, 0.2) is 36.4 Å². The van der Waals surface area contributed by atoms with Crippen molar-refractivity contribution in [3.8, 4) is 0 Å². The van der Waals surface area contributed by atoms with Gasteiger partial charge in [-0.05, 0) is 17.5 Å². The van der Waals surface area contributed by atoms with Gasteiger partial charge in [0.1, 0.15) is 0 Å². The highest BCUT2D eigenvalue weighted by Gasteiger charge is 2.33. The molecule has 0 unspecified atom stereocenters. The fourth-order valence-corrected chi connectivity index (χ4v) is 2.32. The van der Waals surface area contributed by atoms with E-state index in [0.717, 1.165) is 10.4 Å². The van der Waals surface area contributed by atoms with Crippen molar-refractivity contribution >= 4 is 34.2 Å². The SMILES string of the molecule is O=C1c2cccc3cccc(c23)C(=O)N1OCCCl. The van der Waals surface area contributed by atoms with Crippen molar-refractivity contribution in [1.82, 2.24) is 5.06 Å². The maximum atomic E-state index is 12.3. The Morgan fingerprint density at radius 1 is 1.00 bits per heavy atom. The summed E-state index contributed by atoms with van der Waals surface area (Å²) >= 11 is 5.52. The number of carbonyl (C=O) groups excluding carboxylic acids is 2. The van der Waals surface area contributed by atoms with Crippen LogP contribution in [0.2, 0.25) is 0 Å². The molecule has 1 aliphatic heterocycles. The van der Waals surface area contributed by atoms with E-state index in [2.05, 4.69) is 0 Å². The van der Waals surface area contributed by atoms with Gasteiger partial charge in [-0.3, -0.25) is 14.4 Å². The molecule has 0 bridgehead atoms. The summed E-state index contributed by atoms with van der Waals surface area (Å²) in [6.45, 7) is 0.108. The minimum atomic E-state index is -0.445. The van der Waals surface area contributed by atoms with Crippen LogP contribution in [-0.2, 0) is 4.84 Å². The molecule has 0 fully saturated rings. The standard InChI is InChI=1S/C14H10ClNO3/c15-7-8-19-16-13(17)10-5-1-3-9-4-2-6-11(12(9)10)14(16)18/h1-6H,7-8H2. The van der Waals surface area contributed by atoms with Gasteiger partial charge in [0.05, 0.1) is 17.7 Å². The summed E-state index contributed by atoms with van der Waals surface area (Å²) in [5.74, 6) is -0.679. The lowest BCUT2D eigenvalue weighted by Gasteiger charge is -2.25. The summed E-state index contributed by atoms with van der Waals surface area (Å²) in [5.41, 5.74) is 0.949. The van der Waals surface area contributed by atoms with Crippen molar-refractivity contribution in [2.75, 3.05) is 12.5 Å². The Morgan fingerprint density at radius 3 is 2.11 bits per heavy atom. The van der Waals surface area contributed by atoms with Crippen molar-refractivity contribution in [2.45, 2.75) is 0 Å². The number of carbonyl (C=O) groups is 2. The summed E-state index contributed by atoms with van der Waals surface area (Å²) in [7, 11) is 0. The van der Waals surface area contributed by atoms with Crippen molar-refractivity contribution in [1.29, 1.82) is 0 Å². The van der Waals surface area contributed by atoms with E-state index in [1.54, 1.807) is 24.3 Å². The molecule has 4 nitrogen and oxygen atoms in total. The van der Waals surface area contributed by atoms with Crippen molar-refractivity contribution in [3.05, 3.63) is 47.5 Å². The summed E-state index contributed by atoms with van der Waals surface area (Å²) in [5, 5.41) is 2.35. The van der Waals surface area contributed by atoms with E-state index >= 15 is 0 Å². The zero-order valence-electron chi connectivity index (χ0n) is 9.93. The summed E-state index contributed by atoms with van der Waals surface area (Å²) in [6, 6.07) is 10.7. The van der Waals surface area contributed by atoms with Crippen molar-refractivity contribution in [3.63, 3.8) is 0 Å². The number of hydroxylamine groups is 2. The van der Waals surface area contributed by atoms with Gasteiger partial charge in [0, 0.05) is 11.3 Å². The molecule has 0 saturated heterocycles. The first kappa shape index (κ1) is 12.1. The van der Waals surface area contributed by atoms with Gasteiger partial charge in [0.15, 0.2) is 0 Å². The molecule has 0 spiro atoms. The Morgan fingerprint density at radius 2 is 1.58 bits per heavy atom. The average molecular weight is 276 g/mol. The van der Waals surface area contributed by atoms with Gasteiger partial charge in [-0.25, -0.2) is 0 Å². The molecule has 3 rings (SSSR count). The molecule has 0 radical (unpaired) electrons. The highest BCUT2D eigenvalue weighted by Crippen LogP contribution is 2.29. The largest absolute Gasteiger partial charge is 0.285 e. The lowest BCUT2D eigenvalue weighted by Crippen LogP contribution is -2.40. The first-order valence-corrected chi connectivity index (χ1v) is 6.37. The minimum absolute atomic E-state index is 0.108. The molecule has 2 aromatic rings. The lowest BCUT2D eigenvalue weighted by atomic mass is 9.95. The first-order chi connectivity index (χ1) is 9.24. The predicted molar refractivity (Wildman–Crippen MR) is 71.1 cm³/mol. The van der Waals surface area contributed by atoms with Crippen LogP contribution in [-0.4, -0.2) is 29.4 Å². The van der Waals surface area contributed by atoms with Gasteiger partial charge >= 0.3 is 0 Å². The van der Waals surface area contributed by atoms with Crippen LogP contribution in [0.4, 0.5) is 0 Å². The second-order valence-corrected chi connectivity index (χ2v) is 4.51. The Kier molecular flexibility index (Phi) is 2.97. The van der Waals surface area contributed by atoms with E-state index in [9.17, 15) is 9.59 Å². The number of imide groups is 1. The smallest absolute Gasteiger partial charge is 0.266 e. The normalized spacial score (nSPS) is 14.3. The molecule has 0 aromatic heterocycles. The predicted octanol–water partition coefficient (Wildman–Crippen LogP) is 2.61. The van der Waals surface area contributed by atoms with E-state index in [1.807, 2.05) is 12.1 Å². The van der Waals surface area contributed by atoms with E-state index in [1.165, 1.54) is 0 Å². The summed E-state index contributed by atoms with van der Waals surface area (Å²) in [6.07, 6.45) is 0. The van der Waals surface area contributed by atoms with Crippen LogP contribution in [0.5, 0.6) is 0 Å². The van der Waals surface area contributed by atoms with E-state index in [4.69, 9.17) is 16.4 Å². The fraction of sp³-hybridized carbons (Fsp3) is 0.143. The second kappa shape index (κ2) is 4.64. The highest BCUT2D eigenvalue weighted by molar-refractivity contribution is 6.24. The minimum Gasteiger partial charge on any atom is -0.266 e. The van der Waals surface area contributed by atoms with Crippen LogP contribution < -0.4 is 0 Å². The number of benzene rings is 2. The third-order valence-electron chi connectivity index (χ3n) is 3.03. The molecule has 0 aliphatic carbocycles. The van der Waals surface area contributed by atoms with Crippen LogP contribution >= 0.6 is 11.6 Å². The molecule has 2 amide bonds. The maximum Gasteiger partial charge on any atom is 0.285 e. The maximum absolute atomic E-state index is 12.3. The molecular formula is C14H10ClNO3. The lowest BCUT2D eigenvalue weighted by molar-refractivity contribution is -0.0895. The molecule has 0 saturated carbocycles.